The number of aryl methyl sites for hydroxylation is 1. The molecule has 1 N–H and O–H groups in total. The molecule has 0 unspecified atom stereocenters. The summed E-state index contributed by atoms with van der Waals surface area (Å²) in [4.78, 5) is 12.8. The Morgan fingerprint density at radius 2 is 1.76 bits per heavy atom. The number of nitrogens with one attached hydrogen (secondary N) is 1. The van der Waals surface area contributed by atoms with Crippen LogP contribution in [0.15, 0.2) is 82.8 Å². The van der Waals surface area contributed by atoms with Crippen LogP contribution < -0.4 is 10.1 Å². The highest BCUT2D eigenvalue weighted by Crippen LogP contribution is 2.27. The van der Waals surface area contributed by atoms with E-state index < -0.39 is 5.91 Å². The Hall–Kier alpha value is -3.50. The topological polar surface area (TPSA) is 67.0 Å². The second-order valence-corrected chi connectivity index (χ2v) is 10.1. The number of nitrogens with zero attached hydrogens (tertiary/aromatic N) is 2. The molecule has 3 aromatic carbocycles. The molecule has 0 fully saturated rings. The average Bonchev–Trinajstić information content (AvgIpc) is 3.16. The first-order valence-electron chi connectivity index (χ1n) is 11.3. The molecule has 0 radical (unpaired) electrons. The summed E-state index contributed by atoms with van der Waals surface area (Å²) in [6.45, 7) is 4.39. The first kappa shape index (κ1) is 26.6. The molecule has 0 bridgehead atoms. The molecule has 37 heavy (non-hydrogen) atoms. The molecule has 0 saturated heterocycles. The van der Waals surface area contributed by atoms with Crippen LogP contribution >= 0.6 is 39.1 Å². The zero-order chi connectivity index (χ0) is 26.5. The number of rotatable bonds is 7. The number of ether oxygens (including phenoxy) is 1. The van der Waals surface area contributed by atoms with Gasteiger partial charge in [0.15, 0.2) is 0 Å². The van der Waals surface area contributed by atoms with Gasteiger partial charge in [-0.2, -0.15) is 5.26 Å². The van der Waals surface area contributed by atoms with Gasteiger partial charge in [-0.15, -0.1) is 0 Å². The quantitative estimate of drug-likeness (QED) is 0.173. The van der Waals surface area contributed by atoms with Gasteiger partial charge in [0.05, 0.1) is 10.7 Å². The van der Waals surface area contributed by atoms with E-state index in [2.05, 4.69) is 25.8 Å². The van der Waals surface area contributed by atoms with Gasteiger partial charge in [0.2, 0.25) is 0 Å². The van der Waals surface area contributed by atoms with Crippen molar-refractivity contribution in [3.8, 4) is 17.5 Å². The van der Waals surface area contributed by atoms with Crippen LogP contribution in [0.1, 0.15) is 22.5 Å². The van der Waals surface area contributed by atoms with E-state index in [0.717, 1.165) is 38.4 Å². The molecule has 0 aliphatic heterocycles. The van der Waals surface area contributed by atoms with Crippen molar-refractivity contribution >= 4 is 56.8 Å². The fourth-order valence-corrected chi connectivity index (χ4v) is 4.57. The van der Waals surface area contributed by atoms with Gasteiger partial charge in [-0.25, -0.2) is 0 Å². The highest BCUT2D eigenvalue weighted by molar-refractivity contribution is 9.10. The maximum absolute atomic E-state index is 12.8. The molecule has 4 rings (SSSR count). The van der Waals surface area contributed by atoms with E-state index in [1.807, 2.05) is 74.5 Å². The summed E-state index contributed by atoms with van der Waals surface area (Å²) in [6, 6.07) is 24.5. The van der Waals surface area contributed by atoms with Crippen LogP contribution in [0.5, 0.6) is 5.75 Å². The summed E-state index contributed by atoms with van der Waals surface area (Å²) in [6.07, 6.45) is 1.58. The molecular weight excluding hydrogens is 573 g/mol. The highest BCUT2D eigenvalue weighted by Gasteiger charge is 2.15. The number of halogens is 3. The predicted molar refractivity (Wildman–Crippen MR) is 152 cm³/mol. The third kappa shape index (κ3) is 6.44. The Kier molecular flexibility index (Phi) is 8.40. The van der Waals surface area contributed by atoms with Crippen molar-refractivity contribution in [2.24, 2.45) is 0 Å². The third-order valence-corrected chi connectivity index (χ3v) is 6.80. The van der Waals surface area contributed by atoms with Gasteiger partial charge in [0.25, 0.3) is 5.91 Å². The fourth-order valence-electron chi connectivity index (χ4n) is 3.85. The molecule has 1 aromatic heterocycles. The molecule has 0 aliphatic rings. The summed E-state index contributed by atoms with van der Waals surface area (Å²) in [5.74, 6) is 0.211. The Morgan fingerprint density at radius 1 is 1.05 bits per heavy atom. The first-order chi connectivity index (χ1) is 17.7. The number of hydrogen-bond donors (Lipinski definition) is 1. The van der Waals surface area contributed by atoms with Crippen molar-refractivity contribution in [2.45, 2.75) is 20.5 Å². The average molecular weight is 595 g/mol. The van der Waals surface area contributed by atoms with Gasteiger partial charge in [-0.3, -0.25) is 4.79 Å². The Labute approximate surface area is 234 Å². The lowest BCUT2D eigenvalue weighted by Gasteiger charge is -2.12. The van der Waals surface area contributed by atoms with Crippen LogP contribution in [0.25, 0.3) is 11.8 Å². The summed E-state index contributed by atoms with van der Waals surface area (Å²) >= 11 is 15.5. The van der Waals surface area contributed by atoms with Crippen molar-refractivity contribution in [1.82, 2.24) is 4.57 Å². The number of hydrogen-bond acceptors (Lipinski definition) is 3. The van der Waals surface area contributed by atoms with Gasteiger partial charge >= 0.3 is 0 Å². The minimum absolute atomic E-state index is 0.0389. The second kappa shape index (κ2) is 11.7. The van der Waals surface area contributed by atoms with Crippen molar-refractivity contribution in [3.05, 3.63) is 115 Å². The largest absolute Gasteiger partial charge is 0.489 e. The van der Waals surface area contributed by atoms with Gasteiger partial charge in [0, 0.05) is 26.6 Å². The number of nitriles is 1. The number of benzene rings is 3. The second-order valence-electron chi connectivity index (χ2n) is 8.32. The molecule has 1 amide bonds. The maximum atomic E-state index is 12.8. The van der Waals surface area contributed by atoms with Crippen molar-refractivity contribution in [3.63, 3.8) is 0 Å². The van der Waals surface area contributed by atoms with E-state index in [-0.39, 0.29) is 5.57 Å². The smallest absolute Gasteiger partial charge is 0.266 e. The number of carbonyl (C=O) groups excluding carboxylic acids is 1. The SMILES string of the molecule is Cc1cc(/C=C(/C#N)C(=O)Nc2ccc(Cl)cc2Cl)c(C)n1-c1ccc(OCc2ccc(Br)cc2)cc1. The lowest BCUT2D eigenvalue weighted by molar-refractivity contribution is -0.112. The fraction of sp³-hybridized carbons (Fsp3) is 0.103. The van der Waals surface area contributed by atoms with Crippen LogP contribution in [0.3, 0.4) is 0 Å². The summed E-state index contributed by atoms with van der Waals surface area (Å²) in [7, 11) is 0. The summed E-state index contributed by atoms with van der Waals surface area (Å²) in [5, 5.41) is 13.1. The minimum Gasteiger partial charge on any atom is -0.489 e. The summed E-state index contributed by atoms with van der Waals surface area (Å²) < 4.78 is 9.01. The molecule has 5 nitrogen and oxygen atoms in total. The monoisotopic (exact) mass is 593 g/mol. The third-order valence-electron chi connectivity index (χ3n) is 5.73. The Bertz CT molecular complexity index is 1520. The van der Waals surface area contributed by atoms with E-state index >= 15 is 0 Å². The van der Waals surface area contributed by atoms with Crippen LogP contribution in [-0.4, -0.2) is 10.5 Å². The molecular formula is C29H22BrCl2N3O2. The number of anilines is 1. The van der Waals surface area contributed by atoms with Crippen LogP contribution in [0.2, 0.25) is 10.0 Å². The van der Waals surface area contributed by atoms with Gasteiger partial charge in [-0.05, 0) is 91.7 Å². The van der Waals surface area contributed by atoms with Gasteiger partial charge in [0.1, 0.15) is 24.0 Å². The zero-order valence-corrected chi connectivity index (χ0v) is 23.2. The standard InChI is InChI=1S/C29H22BrCl2N3O2/c1-18-13-21(14-22(16-33)29(36)34-28-12-7-24(31)15-27(28)32)19(2)35(18)25-8-10-26(11-9-25)37-17-20-3-5-23(30)6-4-20/h3-15H,17H2,1-2H3,(H,34,36)/b22-14-. The summed E-state index contributed by atoms with van der Waals surface area (Å²) in [5.41, 5.74) is 4.99. The predicted octanol–water partition coefficient (Wildman–Crippen LogP) is 8.29. The van der Waals surface area contributed by atoms with E-state index in [9.17, 15) is 10.1 Å². The number of amides is 1. The van der Waals surface area contributed by atoms with Crippen LogP contribution in [-0.2, 0) is 11.4 Å². The lowest BCUT2D eigenvalue weighted by atomic mass is 10.1. The molecule has 0 spiro atoms. The molecule has 0 atom stereocenters. The van der Waals surface area contributed by atoms with E-state index in [1.165, 1.54) is 6.07 Å². The molecule has 4 aromatic rings. The number of carbonyl (C=O) groups is 1. The highest BCUT2D eigenvalue weighted by atomic mass is 79.9. The zero-order valence-electron chi connectivity index (χ0n) is 20.1. The molecule has 186 valence electrons. The van der Waals surface area contributed by atoms with E-state index in [4.69, 9.17) is 27.9 Å². The van der Waals surface area contributed by atoms with Crippen LogP contribution in [0.4, 0.5) is 5.69 Å². The normalized spacial score (nSPS) is 11.2. The number of aromatic nitrogens is 1. The molecule has 0 saturated carbocycles. The lowest BCUT2D eigenvalue weighted by Crippen LogP contribution is -2.13. The van der Waals surface area contributed by atoms with Gasteiger partial charge < -0.3 is 14.6 Å². The van der Waals surface area contributed by atoms with E-state index in [1.54, 1.807) is 18.2 Å². The maximum Gasteiger partial charge on any atom is 0.266 e. The van der Waals surface area contributed by atoms with Crippen molar-refractivity contribution in [1.29, 1.82) is 5.26 Å². The van der Waals surface area contributed by atoms with Gasteiger partial charge in [-0.1, -0.05) is 51.3 Å². The molecule has 8 heteroatoms. The van der Waals surface area contributed by atoms with Crippen molar-refractivity contribution in [2.75, 3.05) is 5.32 Å². The molecule has 0 aliphatic carbocycles. The molecule has 1 heterocycles. The van der Waals surface area contributed by atoms with Crippen LogP contribution in [0, 0.1) is 25.2 Å². The Balaban J connectivity index is 1.51. The Morgan fingerprint density at radius 3 is 2.41 bits per heavy atom. The van der Waals surface area contributed by atoms with Crippen molar-refractivity contribution < 1.29 is 9.53 Å². The first-order valence-corrected chi connectivity index (χ1v) is 12.8. The minimum atomic E-state index is -0.552. The van der Waals surface area contributed by atoms with E-state index in [0.29, 0.717) is 22.3 Å².